The monoisotopic (exact) mass is 327 g/mol. The Labute approximate surface area is 135 Å². The van der Waals surface area contributed by atoms with Gasteiger partial charge < -0.3 is 14.7 Å². The fourth-order valence-electron chi connectivity index (χ4n) is 3.04. The van der Waals surface area contributed by atoms with Gasteiger partial charge in [0.25, 0.3) is 0 Å². The second-order valence-corrected chi connectivity index (χ2v) is 5.93. The SMILES string of the molecule is CCC(=NOCC=CCl)C1=C(O)CC2(CCCCC2)OC1=O. The first-order chi connectivity index (χ1) is 10.6. The van der Waals surface area contributed by atoms with Crippen LogP contribution in [0.2, 0.25) is 0 Å². The fourth-order valence-corrected chi connectivity index (χ4v) is 3.11. The number of nitrogens with zero attached hydrogens (tertiary/aromatic N) is 1. The Morgan fingerprint density at radius 1 is 1.45 bits per heavy atom. The molecule has 0 unspecified atom stereocenters. The van der Waals surface area contributed by atoms with Crippen LogP contribution in [-0.4, -0.2) is 29.0 Å². The molecule has 6 heteroatoms. The van der Waals surface area contributed by atoms with E-state index in [1.807, 2.05) is 6.92 Å². The summed E-state index contributed by atoms with van der Waals surface area (Å²) in [5.74, 6) is -0.432. The number of hydrogen-bond acceptors (Lipinski definition) is 5. The van der Waals surface area contributed by atoms with E-state index in [1.165, 1.54) is 5.54 Å². The largest absolute Gasteiger partial charge is 0.511 e. The third kappa shape index (κ3) is 3.83. The molecule has 0 atom stereocenters. The lowest BCUT2D eigenvalue weighted by Crippen LogP contribution is -2.43. The molecular weight excluding hydrogens is 306 g/mol. The summed E-state index contributed by atoms with van der Waals surface area (Å²) in [5.41, 5.74) is 1.36. The van der Waals surface area contributed by atoms with E-state index in [2.05, 4.69) is 5.16 Å². The Hall–Kier alpha value is -1.49. The molecule has 1 heterocycles. The summed E-state index contributed by atoms with van der Waals surface area (Å²) in [6, 6.07) is 0. The maximum atomic E-state index is 12.4. The first kappa shape index (κ1) is 16.9. The topological polar surface area (TPSA) is 68.1 Å². The highest BCUT2D eigenvalue weighted by Gasteiger charge is 2.43. The standard InChI is InChI=1S/C16H22ClNO4/c1-2-12(18-21-10-6-9-17)14-13(19)11-16(22-15(14)20)7-4-3-5-8-16/h6,9,19H,2-5,7-8,10-11H2,1H3. The first-order valence-electron chi connectivity index (χ1n) is 7.72. The molecule has 2 rings (SSSR count). The molecule has 1 spiro atoms. The van der Waals surface area contributed by atoms with E-state index in [9.17, 15) is 9.90 Å². The van der Waals surface area contributed by atoms with Crippen molar-refractivity contribution >= 4 is 23.3 Å². The number of esters is 1. The number of oxime groups is 1. The van der Waals surface area contributed by atoms with Crippen LogP contribution in [0.4, 0.5) is 0 Å². The molecule has 1 N–H and O–H groups in total. The normalized spacial score (nSPS) is 22.3. The summed E-state index contributed by atoms with van der Waals surface area (Å²) >= 11 is 5.40. The van der Waals surface area contributed by atoms with E-state index in [1.54, 1.807) is 6.08 Å². The van der Waals surface area contributed by atoms with Crippen molar-refractivity contribution < 1.29 is 19.5 Å². The number of halogens is 1. The second kappa shape index (κ2) is 7.68. The summed E-state index contributed by atoms with van der Waals surface area (Å²) in [6.45, 7) is 2.05. The van der Waals surface area contributed by atoms with Crippen LogP contribution in [0.25, 0.3) is 0 Å². The van der Waals surface area contributed by atoms with Gasteiger partial charge >= 0.3 is 5.97 Å². The Kier molecular flexibility index (Phi) is 5.89. The average molecular weight is 328 g/mol. The summed E-state index contributed by atoms with van der Waals surface area (Å²) in [7, 11) is 0. The van der Waals surface area contributed by atoms with Crippen LogP contribution in [0.5, 0.6) is 0 Å². The van der Waals surface area contributed by atoms with Gasteiger partial charge in [-0.2, -0.15) is 0 Å². The van der Waals surface area contributed by atoms with E-state index in [4.69, 9.17) is 21.2 Å². The highest BCUT2D eigenvalue weighted by atomic mass is 35.5. The Bertz CT molecular complexity index is 504. The van der Waals surface area contributed by atoms with Gasteiger partial charge in [0, 0.05) is 12.0 Å². The molecule has 1 fully saturated rings. The Morgan fingerprint density at radius 3 is 2.77 bits per heavy atom. The zero-order chi connectivity index (χ0) is 16.0. The molecule has 0 saturated heterocycles. The van der Waals surface area contributed by atoms with E-state index >= 15 is 0 Å². The van der Waals surface area contributed by atoms with Gasteiger partial charge in [-0.3, -0.25) is 0 Å². The number of carbonyl (C=O) groups is 1. The summed E-state index contributed by atoms with van der Waals surface area (Å²) in [4.78, 5) is 17.4. The van der Waals surface area contributed by atoms with Gasteiger partial charge in [-0.25, -0.2) is 4.79 Å². The molecule has 22 heavy (non-hydrogen) atoms. The molecule has 0 bridgehead atoms. The summed E-state index contributed by atoms with van der Waals surface area (Å²) < 4.78 is 5.68. The van der Waals surface area contributed by atoms with E-state index < -0.39 is 11.6 Å². The molecule has 0 radical (unpaired) electrons. The summed E-state index contributed by atoms with van der Waals surface area (Å²) in [5, 5.41) is 14.3. The van der Waals surface area contributed by atoms with Crippen molar-refractivity contribution in [2.24, 2.45) is 5.16 Å². The minimum absolute atomic E-state index is 0.0650. The van der Waals surface area contributed by atoms with E-state index in [0.29, 0.717) is 18.6 Å². The lowest BCUT2D eigenvalue weighted by Gasteiger charge is -2.39. The van der Waals surface area contributed by atoms with Gasteiger partial charge in [0.15, 0.2) is 0 Å². The van der Waals surface area contributed by atoms with Gasteiger partial charge in [-0.15, -0.1) is 0 Å². The molecule has 0 aromatic rings. The Balaban J connectivity index is 2.17. The number of aliphatic hydroxyl groups is 1. The number of carbonyl (C=O) groups excluding carboxylic acids is 1. The number of aliphatic hydroxyl groups excluding tert-OH is 1. The lowest BCUT2D eigenvalue weighted by molar-refractivity contribution is -0.161. The Morgan fingerprint density at radius 2 is 2.18 bits per heavy atom. The highest BCUT2D eigenvalue weighted by Crippen LogP contribution is 2.40. The van der Waals surface area contributed by atoms with Gasteiger partial charge in [0.1, 0.15) is 23.5 Å². The van der Waals surface area contributed by atoms with Crippen LogP contribution in [0, 0.1) is 0 Å². The average Bonchev–Trinajstić information content (AvgIpc) is 2.49. The van der Waals surface area contributed by atoms with E-state index in [-0.39, 0.29) is 17.9 Å². The first-order valence-corrected chi connectivity index (χ1v) is 8.15. The van der Waals surface area contributed by atoms with Crippen molar-refractivity contribution in [3.63, 3.8) is 0 Å². The molecule has 1 aliphatic heterocycles. The zero-order valence-electron chi connectivity index (χ0n) is 12.8. The predicted molar refractivity (Wildman–Crippen MR) is 84.9 cm³/mol. The molecule has 0 aromatic heterocycles. The van der Waals surface area contributed by atoms with Crippen molar-refractivity contribution in [2.75, 3.05) is 6.61 Å². The number of ether oxygens (including phenoxy) is 1. The molecule has 0 amide bonds. The van der Waals surface area contributed by atoms with Crippen LogP contribution < -0.4 is 0 Å². The maximum Gasteiger partial charge on any atom is 0.344 e. The van der Waals surface area contributed by atoms with Crippen LogP contribution in [0.1, 0.15) is 51.9 Å². The third-order valence-corrected chi connectivity index (χ3v) is 4.29. The second-order valence-electron chi connectivity index (χ2n) is 5.68. The predicted octanol–water partition coefficient (Wildman–Crippen LogP) is 3.98. The molecular formula is C16H22ClNO4. The molecule has 1 aliphatic carbocycles. The lowest BCUT2D eigenvalue weighted by atomic mass is 9.79. The van der Waals surface area contributed by atoms with Gasteiger partial charge in [-0.1, -0.05) is 30.1 Å². The van der Waals surface area contributed by atoms with Crippen LogP contribution >= 0.6 is 11.6 Å². The minimum Gasteiger partial charge on any atom is -0.511 e. The van der Waals surface area contributed by atoms with Crippen molar-refractivity contribution in [1.29, 1.82) is 0 Å². The quantitative estimate of drug-likeness (QED) is 0.359. The van der Waals surface area contributed by atoms with Gasteiger partial charge in [0.05, 0.1) is 5.71 Å². The molecule has 1 saturated carbocycles. The number of rotatable bonds is 5. The van der Waals surface area contributed by atoms with Crippen LogP contribution in [0.3, 0.4) is 0 Å². The van der Waals surface area contributed by atoms with Gasteiger partial charge in [-0.05, 0) is 38.2 Å². The summed E-state index contributed by atoms with van der Waals surface area (Å²) in [6.07, 6.45) is 7.25. The highest BCUT2D eigenvalue weighted by molar-refractivity contribution is 6.25. The minimum atomic E-state index is -0.524. The van der Waals surface area contributed by atoms with Gasteiger partial charge in [0.2, 0.25) is 0 Å². The maximum absolute atomic E-state index is 12.4. The van der Waals surface area contributed by atoms with Crippen LogP contribution in [0.15, 0.2) is 28.1 Å². The van der Waals surface area contributed by atoms with Crippen molar-refractivity contribution in [2.45, 2.75) is 57.5 Å². The van der Waals surface area contributed by atoms with Crippen LogP contribution in [-0.2, 0) is 14.4 Å². The molecule has 2 aliphatic rings. The fraction of sp³-hybridized carbons (Fsp3) is 0.625. The van der Waals surface area contributed by atoms with Crippen molar-refractivity contribution in [3.8, 4) is 0 Å². The van der Waals surface area contributed by atoms with Crippen molar-refractivity contribution in [3.05, 3.63) is 22.9 Å². The zero-order valence-corrected chi connectivity index (χ0v) is 13.6. The third-order valence-electron chi connectivity index (χ3n) is 4.11. The van der Waals surface area contributed by atoms with Crippen molar-refractivity contribution in [1.82, 2.24) is 0 Å². The molecule has 122 valence electrons. The van der Waals surface area contributed by atoms with E-state index in [0.717, 1.165) is 32.1 Å². The molecule has 5 nitrogen and oxygen atoms in total. The smallest absolute Gasteiger partial charge is 0.344 e. The molecule has 0 aromatic carbocycles. The number of hydrogen-bond donors (Lipinski definition) is 1.